The molecule has 1 unspecified atom stereocenters. The van der Waals surface area contributed by atoms with Crippen molar-refractivity contribution >= 4 is 23.6 Å². The molecule has 0 aliphatic carbocycles. The number of carbonyl (C=O) groups is 2. The van der Waals surface area contributed by atoms with Crippen LogP contribution in [-0.4, -0.2) is 39.2 Å². The molecule has 2 N–H and O–H groups in total. The maximum Gasteiger partial charge on any atom is 0.330 e. The number of hydrogen-bond donors (Lipinski definition) is 2. The summed E-state index contributed by atoms with van der Waals surface area (Å²) in [6, 6.07) is 0. The number of nitrogens with zero attached hydrogens (tertiary/aromatic N) is 1. The predicted molar refractivity (Wildman–Crippen MR) is 70.4 cm³/mol. The van der Waals surface area contributed by atoms with Crippen LogP contribution in [0.5, 0.6) is 0 Å². The Hall–Kier alpha value is -1.50. The lowest BCUT2D eigenvalue weighted by Crippen LogP contribution is -2.54. The van der Waals surface area contributed by atoms with Crippen LogP contribution < -0.4 is 5.32 Å². The van der Waals surface area contributed by atoms with Gasteiger partial charge < -0.3 is 14.9 Å². The van der Waals surface area contributed by atoms with Crippen LogP contribution in [-0.2, 0) is 11.2 Å². The van der Waals surface area contributed by atoms with E-state index >= 15 is 0 Å². The van der Waals surface area contributed by atoms with E-state index in [0.29, 0.717) is 35.6 Å². The fourth-order valence-corrected chi connectivity index (χ4v) is 3.44. The van der Waals surface area contributed by atoms with Crippen LogP contribution in [0.3, 0.4) is 0 Å². The van der Waals surface area contributed by atoms with Crippen molar-refractivity contribution in [1.82, 2.24) is 10.5 Å². The van der Waals surface area contributed by atoms with Gasteiger partial charge in [-0.2, -0.15) is 11.8 Å². The molecule has 0 bridgehead atoms. The van der Waals surface area contributed by atoms with Crippen LogP contribution in [0.4, 0.5) is 0 Å². The predicted octanol–water partition coefficient (Wildman–Crippen LogP) is 1.24. The highest BCUT2D eigenvalue weighted by Gasteiger charge is 2.44. The van der Waals surface area contributed by atoms with Gasteiger partial charge in [0.1, 0.15) is 16.9 Å². The Bertz CT molecular complexity index is 506. The van der Waals surface area contributed by atoms with E-state index in [0.717, 1.165) is 5.75 Å². The number of thioether (sulfide) groups is 1. The number of hydrogen-bond acceptors (Lipinski definition) is 5. The van der Waals surface area contributed by atoms with Gasteiger partial charge in [-0.15, -0.1) is 0 Å². The van der Waals surface area contributed by atoms with Gasteiger partial charge in [0.05, 0.1) is 5.69 Å². The molecule has 2 rings (SSSR count). The zero-order valence-electron chi connectivity index (χ0n) is 10.9. The highest BCUT2D eigenvalue weighted by molar-refractivity contribution is 7.99. The average Bonchev–Trinajstić information content (AvgIpc) is 2.96. The second kappa shape index (κ2) is 5.24. The van der Waals surface area contributed by atoms with E-state index in [1.807, 2.05) is 6.92 Å². The molecular formula is C12H16N2O4S. The summed E-state index contributed by atoms with van der Waals surface area (Å²) in [6.45, 7) is 3.52. The van der Waals surface area contributed by atoms with Crippen molar-refractivity contribution in [2.45, 2.75) is 32.2 Å². The van der Waals surface area contributed by atoms with Gasteiger partial charge in [-0.3, -0.25) is 4.79 Å². The summed E-state index contributed by atoms with van der Waals surface area (Å²) in [4.78, 5) is 23.7. The number of rotatable bonds is 4. The first-order valence-corrected chi connectivity index (χ1v) is 7.24. The van der Waals surface area contributed by atoms with Crippen LogP contribution >= 0.6 is 11.8 Å². The van der Waals surface area contributed by atoms with Gasteiger partial charge >= 0.3 is 5.97 Å². The molecule has 1 saturated heterocycles. The standard InChI is InChI=1S/C12H16N2O4S/c1-3-8-9(7(2)18-14-8)10(15)13-12(11(16)17)4-5-19-6-12/h3-6H2,1-2H3,(H,13,15)(H,16,17). The Morgan fingerprint density at radius 2 is 2.32 bits per heavy atom. The molecule has 19 heavy (non-hydrogen) atoms. The largest absolute Gasteiger partial charge is 0.479 e. The summed E-state index contributed by atoms with van der Waals surface area (Å²) in [7, 11) is 0. The van der Waals surface area contributed by atoms with E-state index < -0.39 is 17.4 Å². The van der Waals surface area contributed by atoms with E-state index in [1.165, 1.54) is 11.8 Å². The number of carbonyl (C=O) groups excluding carboxylic acids is 1. The molecule has 1 amide bonds. The Morgan fingerprint density at radius 1 is 1.58 bits per heavy atom. The molecule has 7 heteroatoms. The molecule has 0 saturated carbocycles. The van der Waals surface area contributed by atoms with Crippen LogP contribution in [0.1, 0.15) is 35.2 Å². The Kier molecular flexibility index (Phi) is 3.84. The van der Waals surface area contributed by atoms with Gasteiger partial charge in [0.2, 0.25) is 0 Å². The number of nitrogens with one attached hydrogen (secondary N) is 1. The summed E-state index contributed by atoms with van der Waals surface area (Å²) in [5.41, 5.74) is -0.252. The van der Waals surface area contributed by atoms with Gasteiger partial charge in [0.25, 0.3) is 5.91 Å². The van der Waals surface area contributed by atoms with Gasteiger partial charge in [0, 0.05) is 5.75 Å². The van der Waals surface area contributed by atoms with Crippen LogP contribution in [0.25, 0.3) is 0 Å². The van der Waals surface area contributed by atoms with Crippen LogP contribution in [0.15, 0.2) is 4.52 Å². The second-order valence-corrected chi connectivity index (χ2v) is 5.66. The highest BCUT2D eigenvalue weighted by Crippen LogP contribution is 2.29. The van der Waals surface area contributed by atoms with Gasteiger partial charge in [-0.25, -0.2) is 4.79 Å². The number of carboxylic acid groups (broad SMARTS) is 1. The van der Waals surface area contributed by atoms with E-state index in [9.17, 15) is 14.7 Å². The van der Waals surface area contributed by atoms with Gasteiger partial charge in [-0.05, 0) is 25.5 Å². The second-order valence-electron chi connectivity index (χ2n) is 4.56. The zero-order chi connectivity index (χ0) is 14.0. The molecule has 2 heterocycles. The van der Waals surface area contributed by atoms with Crippen molar-refractivity contribution in [3.63, 3.8) is 0 Å². The number of carboxylic acids is 1. The molecule has 1 aromatic heterocycles. The summed E-state index contributed by atoms with van der Waals surface area (Å²) >= 11 is 1.53. The van der Waals surface area contributed by atoms with Crippen molar-refractivity contribution in [2.24, 2.45) is 0 Å². The van der Waals surface area contributed by atoms with E-state index in [-0.39, 0.29) is 0 Å². The molecule has 0 spiro atoms. The number of amides is 1. The summed E-state index contributed by atoms with van der Waals surface area (Å²) in [6.07, 6.45) is 0.999. The fourth-order valence-electron chi connectivity index (χ4n) is 2.12. The lowest BCUT2D eigenvalue weighted by Gasteiger charge is -2.24. The lowest BCUT2D eigenvalue weighted by molar-refractivity contribution is -0.143. The average molecular weight is 284 g/mol. The van der Waals surface area contributed by atoms with Gasteiger partial charge in [-0.1, -0.05) is 12.1 Å². The van der Waals surface area contributed by atoms with E-state index in [1.54, 1.807) is 6.92 Å². The smallest absolute Gasteiger partial charge is 0.330 e. The Balaban J connectivity index is 2.25. The normalized spacial score (nSPS) is 22.4. The monoisotopic (exact) mass is 284 g/mol. The highest BCUT2D eigenvalue weighted by atomic mass is 32.2. The molecule has 1 aliphatic rings. The van der Waals surface area contributed by atoms with Crippen molar-refractivity contribution in [2.75, 3.05) is 11.5 Å². The molecule has 1 aliphatic heterocycles. The molecule has 1 atom stereocenters. The Morgan fingerprint density at radius 3 is 2.84 bits per heavy atom. The zero-order valence-corrected chi connectivity index (χ0v) is 11.7. The first kappa shape index (κ1) is 13.9. The first-order chi connectivity index (χ1) is 9.00. The van der Waals surface area contributed by atoms with E-state index in [4.69, 9.17) is 4.52 Å². The van der Waals surface area contributed by atoms with Crippen molar-refractivity contribution in [1.29, 1.82) is 0 Å². The van der Waals surface area contributed by atoms with E-state index in [2.05, 4.69) is 10.5 Å². The fraction of sp³-hybridized carbons (Fsp3) is 0.583. The molecule has 0 radical (unpaired) electrons. The molecular weight excluding hydrogens is 268 g/mol. The summed E-state index contributed by atoms with van der Waals surface area (Å²) in [5.74, 6) is 0.134. The topological polar surface area (TPSA) is 92.4 Å². The van der Waals surface area contributed by atoms with Crippen LogP contribution in [0, 0.1) is 6.92 Å². The number of aliphatic carboxylic acids is 1. The Labute approximate surface area is 114 Å². The molecule has 1 aromatic rings. The van der Waals surface area contributed by atoms with Crippen molar-refractivity contribution in [3.8, 4) is 0 Å². The van der Waals surface area contributed by atoms with Crippen LogP contribution in [0.2, 0.25) is 0 Å². The molecule has 1 fully saturated rings. The molecule has 104 valence electrons. The number of aryl methyl sites for hydroxylation is 2. The minimum Gasteiger partial charge on any atom is -0.479 e. The molecule has 6 nitrogen and oxygen atoms in total. The van der Waals surface area contributed by atoms with Gasteiger partial charge in [0.15, 0.2) is 0 Å². The van der Waals surface area contributed by atoms with Crippen molar-refractivity contribution < 1.29 is 19.2 Å². The molecule has 0 aromatic carbocycles. The third-order valence-corrected chi connectivity index (χ3v) is 4.47. The SMILES string of the molecule is CCc1noc(C)c1C(=O)NC1(C(=O)O)CCSC1. The minimum absolute atomic E-state index is 0.361. The quantitative estimate of drug-likeness (QED) is 0.864. The first-order valence-electron chi connectivity index (χ1n) is 6.09. The summed E-state index contributed by atoms with van der Waals surface area (Å²) < 4.78 is 5.00. The summed E-state index contributed by atoms with van der Waals surface area (Å²) in [5, 5.41) is 15.8. The maximum atomic E-state index is 12.3. The third kappa shape index (κ3) is 2.47. The minimum atomic E-state index is -1.17. The van der Waals surface area contributed by atoms with Crippen molar-refractivity contribution in [3.05, 3.63) is 17.0 Å². The lowest BCUT2D eigenvalue weighted by atomic mass is 9.98. The number of aromatic nitrogens is 1. The maximum absolute atomic E-state index is 12.3. The third-order valence-electron chi connectivity index (χ3n) is 3.28.